The van der Waals surface area contributed by atoms with E-state index in [1.165, 1.54) is 5.56 Å². The number of amides is 1. The molecule has 2 N–H and O–H groups in total. The molecule has 1 aliphatic carbocycles. The molecule has 0 saturated heterocycles. The van der Waals surface area contributed by atoms with Crippen LogP contribution >= 0.6 is 0 Å². The number of nitrogens with zero attached hydrogens (tertiary/aromatic N) is 1. The van der Waals surface area contributed by atoms with Gasteiger partial charge < -0.3 is 10.6 Å². The first-order valence-electron chi connectivity index (χ1n) is 6.64. The highest BCUT2D eigenvalue weighted by Gasteiger charge is 2.52. The van der Waals surface area contributed by atoms with E-state index in [1.54, 1.807) is 0 Å². The molecule has 3 nitrogen and oxygen atoms in total. The van der Waals surface area contributed by atoms with E-state index in [2.05, 4.69) is 19.9 Å². The Kier molecular flexibility index (Phi) is 2.40. The molecule has 2 aliphatic rings. The highest BCUT2D eigenvalue weighted by atomic mass is 16.2. The Morgan fingerprint density at radius 3 is 2.83 bits per heavy atom. The number of benzene rings is 1. The van der Waals surface area contributed by atoms with Gasteiger partial charge >= 0.3 is 0 Å². The van der Waals surface area contributed by atoms with Gasteiger partial charge in [0.05, 0.1) is 0 Å². The number of hydrogen-bond acceptors (Lipinski definition) is 2. The topological polar surface area (TPSA) is 46.3 Å². The van der Waals surface area contributed by atoms with E-state index in [9.17, 15) is 4.79 Å². The maximum atomic E-state index is 12.4. The number of fused-ring (bicyclic) bond motifs is 1. The predicted molar refractivity (Wildman–Crippen MR) is 71.9 cm³/mol. The van der Waals surface area contributed by atoms with Gasteiger partial charge in [0.1, 0.15) is 0 Å². The van der Waals surface area contributed by atoms with Crippen LogP contribution in [0.1, 0.15) is 31.4 Å². The molecule has 1 aromatic carbocycles. The molecule has 0 aromatic heterocycles. The van der Waals surface area contributed by atoms with Crippen molar-refractivity contribution in [3.63, 3.8) is 0 Å². The number of carbonyl (C=O) groups is 1. The van der Waals surface area contributed by atoms with Gasteiger partial charge in [-0.3, -0.25) is 4.79 Å². The molecule has 1 saturated carbocycles. The minimum absolute atomic E-state index is 0.208. The zero-order chi connectivity index (χ0) is 12.9. The lowest BCUT2D eigenvalue weighted by Gasteiger charge is -2.30. The van der Waals surface area contributed by atoms with Crippen molar-refractivity contribution in [3.8, 4) is 0 Å². The lowest BCUT2D eigenvalue weighted by molar-refractivity contribution is -0.134. The summed E-state index contributed by atoms with van der Waals surface area (Å²) < 4.78 is 0. The number of rotatable bonds is 1. The van der Waals surface area contributed by atoms with Crippen LogP contribution in [0, 0.1) is 11.3 Å². The SMILES string of the molecule is CC1(C)CC1C(=O)N1CCc2cccc(N)c2C1. The van der Waals surface area contributed by atoms with Gasteiger partial charge in [0.2, 0.25) is 5.91 Å². The fourth-order valence-corrected chi connectivity index (χ4v) is 2.90. The molecule has 1 heterocycles. The van der Waals surface area contributed by atoms with E-state index in [1.807, 2.05) is 17.0 Å². The van der Waals surface area contributed by atoms with Gasteiger partial charge in [-0.25, -0.2) is 0 Å². The van der Waals surface area contributed by atoms with Crippen LogP contribution in [-0.2, 0) is 17.8 Å². The summed E-state index contributed by atoms with van der Waals surface area (Å²) in [4.78, 5) is 14.4. The van der Waals surface area contributed by atoms with Crippen LogP contribution in [0.5, 0.6) is 0 Å². The Hall–Kier alpha value is -1.51. The summed E-state index contributed by atoms with van der Waals surface area (Å²) in [6, 6.07) is 6.04. The Bertz CT molecular complexity index is 507. The highest BCUT2D eigenvalue weighted by molar-refractivity contribution is 5.83. The molecule has 0 radical (unpaired) electrons. The molecule has 1 amide bonds. The van der Waals surface area contributed by atoms with E-state index in [0.29, 0.717) is 12.5 Å². The van der Waals surface area contributed by atoms with Crippen LogP contribution in [0.3, 0.4) is 0 Å². The van der Waals surface area contributed by atoms with Gasteiger partial charge in [0, 0.05) is 24.7 Å². The van der Waals surface area contributed by atoms with Crippen molar-refractivity contribution < 1.29 is 4.79 Å². The maximum Gasteiger partial charge on any atom is 0.226 e. The van der Waals surface area contributed by atoms with Gasteiger partial charge in [-0.15, -0.1) is 0 Å². The Labute approximate surface area is 108 Å². The van der Waals surface area contributed by atoms with Gasteiger partial charge in [0.15, 0.2) is 0 Å². The lowest BCUT2D eigenvalue weighted by atomic mass is 9.97. The summed E-state index contributed by atoms with van der Waals surface area (Å²) in [7, 11) is 0. The monoisotopic (exact) mass is 244 g/mol. The highest BCUT2D eigenvalue weighted by Crippen LogP contribution is 2.52. The average Bonchev–Trinajstić information content (AvgIpc) is 2.98. The number of nitrogen functional groups attached to an aromatic ring is 1. The zero-order valence-electron chi connectivity index (χ0n) is 11.1. The third kappa shape index (κ3) is 1.78. The molecule has 96 valence electrons. The molecule has 18 heavy (non-hydrogen) atoms. The number of nitrogens with two attached hydrogens (primary N) is 1. The molecule has 3 heteroatoms. The first-order chi connectivity index (χ1) is 8.49. The summed E-state index contributed by atoms with van der Waals surface area (Å²) >= 11 is 0. The summed E-state index contributed by atoms with van der Waals surface area (Å²) in [6.45, 7) is 5.86. The van der Waals surface area contributed by atoms with E-state index in [0.717, 1.165) is 30.6 Å². The normalized spacial score (nSPS) is 24.6. The molecule has 3 rings (SSSR count). The molecular formula is C15H20N2O. The fraction of sp³-hybridized carbons (Fsp3) is 0.533. The van der Waals surface area contributed by atoms with Gasteiger partial charge in [0.25, 0.3) is 0 Å². The molecule has 0 bridgehead atoms. The molecule has 1 aromatic rings. The third-order valence-electron chi connectivity index (χ3n) is 4.43. The van der Waals surface area contributed by atoms with Gasteiger partial charge in [-0.05, 0) is 35.4 Å². The summed E-state index contributed by atoms with van der Waals surface area (Å²) in [5.41, 5.74) is 9.49. The number of anilines is 1. The standard InChI is InChI=1S/C15H20N2O/c1-15(2)8-12(15)14(18)17-7-6-10-4-3-5-13(16)11(10)9-17/h3-5,12H,6-9,16H2,1-2H3. The van der Waals surface area contributed by atoms with Crippen LogP contribution in [0.2, 0.25) is 0 Å². The van der Waals surface area contributed by atoms with E-state index >= 15 is 0 Å². The minimum Gasteiger partial charge on any atom is -0.398 e. The van der Waals surface area contributed by atoms with Crippen molar-refractivity contribution in [1.29, 1.82) is 0 Å². The second-order valence-electron chi connectivity index (χ2n) is 6.24. The van der Waals surface area contributed by atoms with Gasteiger partial charge in [-0.2, -0.15) is 0 Å². The summed E-state index contributed by atoms with van der Waals surface area (Å²) in [6.07, 6.45) is 1.96. The fourth-order valence-electron chi connectivity index (χ4n) is 2.90. The summed E-state index contributed by atoms with van der Waals surface area (Å²) in [5, 5.41) is 0. The molecule has 1 unspecified atom stereocenters. The molecule has 1 aliphatic heterocycles. The second-order valence-corrected chi connectivity index (χ2v) is 6.24. The van der Waals surface area contributed by atoms with Crippen molar-refractivity contribution in [2.24, 2.45) is 11.3 Å². The van der Waals surface area contributed by atoms with Crippen LogP contribution in [-0.4, -0.2) is 17.4 Å². The van der Waals surface area contributed by atoms with Crippen LogP contribution < -0.4 is 5.73 Å². The van der Waals surface area contributed by atoms with E-state index in [4.69, 9.17) is 5.73 Å². The smallest absolute Gasteiger partial charge is 0.226 e. The first-order valence-corrected chi connectivity index (χ1v) is 6.64. The van der Waals surface area contributed by atoms with Crippen molar-refractivity contribution >= 4 is 11.6 Å². The Balaban J connectivity index is 1.79. The third-order valence-corrected chi connectivity index (χ3v) is 4.43. The maximum absolute atomic E-state index is 12.4. The molecule has 1 fully saturated rings. The van der Waals surface area contributed by atoms with Gasteiger partial charge in [-0.1, -0.05) is 26.0 Å². The average molecular weight is 244 g/mol. The lowest BCUT2D eigenvalue weighted by Crippen LogP contribution is -2.38. The quantitative estimate of drug-likeness (QED) is 0.770. The molecule has 0 spiro atoms. The minimum atomic E-state index is 0.208. The van der Waals surface area contributed by atoms with Crippen LogP contribution in [0.15, 0.2) is 18.2 Å². The first kappa shape index (κ1) is 11.6. The van der Waals surface area contributed by atoms with Crippen LogP contribution in [0.25, 0.3) is 0 Å². The second kappa shape index (κ2) is 3.74. The molecule has 1 atom stereocenters. The van der Waals surface area contributed by atoms with Crippen molar-refractivity contribution in [2.75, 3.05) is 12.3 Å². The Morgan fingerprint density at radius 1 is 1.44 bits per heavy atom. The zero-order valence-corrected chi connectivity index (χ0v) is 11.1. The van der Waals surface area contributed by atoms with E-state index in [-0.39, 0.29) is 11.3 Å². The number of hydrogen-bond donors (Lipinski definition) is 1. The van der Waals surface area contributed by atoms with E-state index < -0.39 is 0 Å². The van der Waals surface area contributed by atoms with Crippen molar-refractivity contribution in [3.05, 3.63) is 29.3 Å². The van der Waals surface area contributed by atoms with Crippen LogP contribution in [0.4, 0.5) is 5.69 Å². The van der Waals surface area contributed by atoms with Crippen molar-refractivity contribution in [1.82, 2.24) is 4.90 Å². The largest absolute Gasteiger partial charge is 0.398 e. The Morgan fingerprint density at radius 2 is 2.17 bits per heavy atom. The number of carbonyl (C=O) groups excluding carboxylic acids is 1. The predicted octanol–water partition coefficient (Wildman–Crippen LogP) is 2.20. The van der Waals surface area contributed by atoms with Crippen molar-refractivity contribution in [2.45, 2.75) is 33.2 Å². The molecular weight excluding hydrogens is 224 g/mol. The summed E-state index contributed by atoms with van der Waals surface area (Å²) in [5.74, 6) is 0.540.